The summed E-state index contributed by atoms with van der Waals surface area (Å²) in [5.41, 5.74) is 0. The van der Waals surface area contributed by atoms with Gasteiger partial charge in [0.1, 0.15) is 12.7 Å². The summed E-state index contributed by atoms with van der Waals surface area (Å²) in [6.07, 6.45) is -0.671. The monoisotopic (exact) mass is 252 g/mol. The smallest absolute Gasteiger partial charge is 0.350 e. The molecule has 0 aliphatic carbocycles. The predicted octanol–water partition coefficient (Wildman–Crippen LogP) is -1.59. The van der Waals surface area contributed by atoms with Gasteiger partial charge in [-0.1, -0.05) is 16.2 Å². The van der Waals surface area contributed by atoms with Crippen LogP contribution in [0.1, 0.15) is 6.92 Å². The topological polar surface area (TPSA) is 110 Å². The summed E-state index contributed by atoms with van der Waals surface area (Å²) in [7, 11) is -3.90. The van der Waals surface area contributed by atoms with Gasteiger partial charge in [-0.15, -0.1) is 0 Å². The molecule has 8 heteroatoms. The van der Waals surface area contributed by atoms with E-state index in [2.05, 4.69) is 21.1 Å². The average Bonchev–Trinajstić information content (AvgIpc) is 2.20. The van der Waals surface area contributed by atoms with E-state index >= 15 is 0 Å². The molecule has 0 saturated heterocycles. The standard InChI is InChI=1S/C8H12O7S/c1-6(7(10)4-3-5-9)8(11)14-15-16(2,12)13/h6-7,9-10H,5H2,1-2H3. The summed E-state index contributed by atoms with van der Waals surface area (Å²) < 4.78 is 24.7. The minimum Gasteiger partial charge on any atom is -0.384 e. The molecule has 0 fully saturated rings. The maximum Gasteiger partial charge on any atom is 0.350 e. The molecule has 0 bridgehead atoms. The van der Waals surface area contributed by atoms with Crippen LogP contribution in [0.25, 0.3) is 0 Å². The fraction of sp³-hybridized carbons (Fsp3) is 0.625. The fourth-order valence-corrected chi connectivity index (χ4v) is 0.766. The van der Waals surface area contributed by atoms with E-state index < -0.39 is 34.7 Å². The van der Waals surface area contributed by atoms with Gasteiger partial charge in [0.15, 0.2) is 0 Å². The molecule has 92 valence electrons. The van der Waals surface area contributed by atoms with Gasteiger partial charge in [-0.05, 0) is 6.92 Å². The van der Waals surface area contributed by atoms with Crippen molar-refractivity contribution < 1.29 is 32.6 Å². The second kappa shape index (κ2) is 6.44. The highest BCUT2D eigenvalue weighted by Gasteiger charge is 2.24. The molecule has 7 nitrogen and oxygen atoms in total. The van der Waals surface area contributed by atoms with Crippen molar-refractivity contribution in [3.05, 3.63) is 0 Å². The summed E-state index contributed by atoms with van der Waals surface area (Å²) in [6, 6.07) is 0. The van der Waals surface area contributed by atoms with Crippen LogP contribution in [0, 0.1) is 17.8 Å². The number of carbonyl (C=O) groups excluding carboxylic acids is 1. The van der Waals surface area contributed by atoms with Crippen LogP contribution < -0.4 is 0 Å². The first-order valence-corrected chi connectivity index (χ1v) is 5.97. The quantitative estimate of drug-likeness (QED) is 0.352. The lowest BCUT2D eigenvalue weighted by molar-refractivity contribution is -0.217. The van der Waals surface area contributed by atoms with Crippen molar-refractivity contribution in [1.82, 2.24) is 0 Å². The minimum absolute atomic E-state index is 0.460. The average molecular weight is 252 g/mol. The lowest BCUT2D eigenvalue weighted by atomic mass is 10.1. The van der Waals surface area contributed by atoms with Crippen molar-refractivity contribution in [3.63, 3.8) is 0 Å². The number of carbonyl (C=O) groups is 1. The Morgan fingerprint density at radius 1 is 1.50 bits per heavy atom. The highest BCUT2D eigenvalue weighted by atomic mass is 32.2. The minimum atomic E-state index is -3.90. The first-order valence-electron chi connectivity index (χ1n) is 4.15. The summed E-state index contributed by atoms with van der Waals surface area (Å²) in [5, 5.41) is 17.6. The highest BCUT2D eigenvalue weighted by Crippen LogP contribution is 2.06. The molecule has 0 aromatic heterocycles. The Morgan fingerprint density at radius 2 is 2.06 bits per heavy atom. The van der Waals surface area contributed by atoms with Gasteiger partial charge < -0.3 is 10.2 Å². The molecular formula is C8H12O7S. The van der Waals surface area contributed by atoms with E-state index in [9.17, 15) is 18.3 Å². The fourth-order valence-electron chi connectivity index (χ4n) is 0.575. The lowest BCUT2D eigenvalue weighted by Gasteiger charge is -2.10. The van der Waals surface area contributed by atoms with E-state index in [4.69, 9.17) is 5.11 Å². The molecule has 0 spiro atoms. The van der Waals surface area contributed by atoms with E-state index in [0.29, 0.717) is 6.26 Å². The highest BCUT2D eigenvalue weighted by molar-refractivity contribution is 7.85. The van der Waals surface area contributed by atoms with Crippen LogP contribution in [-0.2, 0) is 24.1 Å². The van der Waals surface area contributed by atoms with Gasteiger partial charge in [0, 0.05) is 0 Å². The number of aliphatic hydroxyl groups excluding tert-OH is 2. The van der Waals surface area contributed by atoms with Gasteiger partial charge in [-0.25, -0.2) is 4.79 Å². The predicted molar refractivity (Wildman–Crippen MR) is 52.1 cm³/mol. The van der Waals surface area contributed by atoms with E-state index in [1.165, 1.54) is 6.92 Å². The van der Waals surface area contributed by atoms with Gasteiger partial charge in [0.25, 0.3) is 10.1 Å². The zero-order valence-electron chi connectivity index (χ0n) is 8.71. The van der Waals surface area contributed by atoms with Gasteiger partial charge in [0.05, 0.1) is 12.2 Å². The summed E-state index contributed by atoms with van der Waals surface area (Å²) in [5.74, 6) is 2.13. The molecular weight excluding hydrogens is 240 g/mol. The molecule has 16 heavy (non-hydrogen) atoms. The van der Waals surface area contributed by atoms with Crippen LogP contribution in [0.5, 0.6) is 0 Å². The Bertz CT molecular complexity index is 388. The van der Waals surface area contributed by atoms with Crippen LogP contribution in [0.15, 0.2) is 0 Å². The van der Waals surface area contributed by atoms with Crippen molar-refractivity contribution in [3.8, 4) is 11.8 Å². The maximum absolute atomic E-state index is 11.1. The Hall–Kier alpha value is -1.14. The van der Waals surface area contributed by atoms with Crippen molar-refractivity contribution in [2.75, 3.05) is 12.9 Å². The molecule has 0 aromatic carbocycles. The normalized spacial score (nSPS) is 14.5. The Morgan fingerprint density at radius 3 is 2.50 bits per heavy atom. The zero-order chi connectivity index (χ0) is 12.8. The Kier molecular flexibility index (Phi) is 5.98. The van der Waals surface area contributed by atoms with Crippen molar-refractivity contribution >= 4 is 16.1 Å². The van der Waals surface area contributed by atoms with Crippen molar-refractivity contribution in [1.29, 1.82) is 0 Å². The van der Waals surface area contributed by atoms with Crippen LogP contribution in [0.2, 0.25) is 0 Å². The van der Waals surface area contributed by atoms with Gasteiger partial charge in [-0.3, -0.25) is 4.89 Å². The van der Waals surface area contributed by atoms with E-state index in [1.54, 1.807) is 0 Å². The molecule has 0 rings (SSSR count). The van der Waals surface area contributed by atoms with Crippen molar-refractivity contribution in [2.45, 2.75) is 13.0 Å². The third-order valence-corrected chi connectivity index (χ3v) is 1.73. The molecule has 0 saturated carbocycles. The second-order valence-corrected chi connectivity index (χ2v) is 4.43. The second-order valence-electron chi connectivity index (χ2n) is 2.89. The third-order valence-electron chi connectivity index (χ3n) is 1.41. The van der Waals surface area contributed by atoms with Gasteiger partial charge in [-0.2, -0.15) is 8.42 Å². The molecule has 0 heterocycles. The molecule has 0 radical (unpaired) electrons. The van der Waals surface area contributed by atoms with E-state index in [1.807, 2.05) is 0 Å². The Labute approximate surface area is 93.0 Å². The number of rotatable bonds is 4. The summed E-state index contributed by atoms with van der Waals surface area (Å²) in [4.78, 5) is 15.0. The zero-order valence-corrected chi connectivity index (χ0v) is 9.52. The lowest BCUT2D eigenvalue weighted by Crippen LogP contribution is -2.27. The summed E-state index contributed by atoms with van der Waals surface area (Å²) >= 11 is 0. The first-order chi connectivity index (χ1) is 7.28. The Balaban J connectivity index is 4.29. The largest absolute Gasteiger partial charge is 0.384 e. The maximum atomic E-state index is 11.1. The van der Waals surface area contributed by atoms with Gasteiger partial charge >= 0.3 is 5.97 Å². The third kappa shape index (κ3) is 6.36. The molecule has 0 aromatic rings. The number of hydrogen-bond donors (Lipinski definition) is 2. The van der Waals surface area contributed by atoms with Crippen molar-refractivity contribution in [2.24, 2.45) is 5.92 Å². The number of hydrogen-bond acceptors (Lipinski definition) is 7. The SMILES string of the molecule is CC(C(=O)OOS(C)(=O)=O)C(O)C#CCO. The molecule has 0 amide bonds. The summed E-state index contributed by atoms with van der Waals surface area (Å²) in [6.45, 7) is 0.809. The van der Waals surface area contributed by atoms with Gasteiger partial charge in [0.2, 0.25) is 0 Å². The van der Waals surface area contributed by atoms with Crippen LogP contribution in [0.4, 0.5) is 0 Å². The van der Waals surface area contributed by atoms with E-state index in [-0.39, 0.29) is 0 Å². The molecule has 2 N–H and O–H groups in total. The molecule has 0 aliphatic rings. The first kappa shape index (κ1) is 14.9. The van der Waals surface area contributed by atoms with Crippen LogP contribution in [-0.4, -0.2) is 43.6 Å². The molecule has 2 atom stereocenters. The molecule has 2 unspecified atom stereocenters. The van der Waals surface area contributed by atoms with E-state index in [0.717, 1.165) is 0 Å². The van der Waals surface area contributed by atoms with Crippen LogP contribution >= 0.6 is 0 Å². The van der Waals surface area contributed by atoms with Crippen LogP contribution in [0.3, 0.4) is 0 Å². The molecule has 0 aliphatic heterocycles. The number of aliphatic hydroxyl groups is 2.